The molecule has 0 bridgehead atoms. The average molecular weight is 287 g/mol. The van der Waals surface area contributed by atoms with Crippen molar-refractivity contribution >= 4 is 46.1 Å². The van der Waals surface area contributed by atoms with Crippen LogP contribution in [0.4, 0.5) is 5.69 Å². The zero-order chi connectivity index (χ0) is 12.4. The second-order valence-electron chi connectivity index (χ2n) is 3.38. The van der Waals surface area contributed by atoms with Gasteiger partial charge in [0.1, 0.15) is 0 Å². The van der Waals surface area contributed by atoms with Gasteiger partial charge < -0.3 is 5.32 Å². The Morgan fingerprint density at radius 1 is 1.35 bits per heavy atom. The van der Waals surface area contributed by atoms with E-state index in [4.69, 9.17) is 23.2 Å². The summed E-state index contributed by atoms with van der Waals surface area (Å²) in [7, 11) is 0. The first-order valence-corrected chi connectivity index (χ1v) is 6.38. The molecular formula is C11H8Cl2N2OS. The first-order valence-electron chi connectivity index (χ1n) is 4.75. The van der Waals surface area contributed by atoms with Gasteiger partial charge in [-0.15, -0.1) is 11.3 Å². The van der Waals surface area contributed by atoms with E-state index in [0.29, 0.717) is 20.7 Å². The number of carbonyl (C=O) groups excluding carboxylic acids is 1. The molecule has 0 spiro atoms. The van der Waals surface area contributed by atoms with Crippen molar-refractivity contribution < 1.29 is 4.79 Å². The number of halogens is 2. The molecule has 0 aliphatic rings. The molecule has 1 heterocycles. The van der Waals surface area contributed by atoms with Gasteiger partial charge in [-0.05, 0) is 25.1 Å². The van der Waals surface area contributed by atoms with Crippen LogP contribution in [0.1, 0.15) is 15.5 Å². The summed E-state index contributed by atoms with van der Waals surface area (Å²) >= 11 is 12.9. The standard InChI is InChI=1S/C11H8Cl2N2OS/c1-6-5-17-11(14-6)10(16)15-7-2-3-8(12)9(13)4-7/h2-5H,1H3,(H,15,16). The van der Waals surface area contributed by atoms with Crippen molar-refractivity contribution in [2.75, 3.05) is 5.32 Å². The molecule has 0 unspecified atom stereocenters. The number of anilines is 1. The van der Waals surface area contributed by atoms with E-state index in [1.807, 2.05) is 12.3 Å². The largest absolute Gasteiger partial charge is 0.320 e. The zero-order valence-corrected chi connectivity index (χ0v) is 11.2. The summed E-state index contributed by atoms with van der Waals surface area (Å²) in [6, 6.07) is 4.92. The fraction of sp³-hybridized carbons (Fsp3) is 0.0909. The molecule has 2 aromatic rings. The second kappa shape index (κ2) is 5.04. The Balaban J connectivity index is 2.15. The highest BCUT2D eigenvalue weighted by Gasteiger charge is 2.10. The van der Waals surface area contributed by atoms with Gasteiger partial charge in [0.05, 0.1) is 10.0 Å². The lowest BCUT2D eigenvalue weighted by Crippen LogP contribution is -2.11. The molecule has 1 N–H and O–H groups in total. The summed E-state index contributed by atoms with van der Waals surface area (Å²) in [5.41, 5.74) is 1.42. The van der Waals surface area contributed by atoms with Gasteiger partial charge in [-0.1, -0.05) is 23.2 Å². The summed E-state index contributed by atoms with van der Waals surface area (Å²) in [5, 5.41) is 5.81. The normalized spacial score (nSPS) is 10.3. The highest BCUT2D eigenvalue weighted by molar-refractivity contribution is 7.11. The number of hydrogen-bond acceptors (Lipinski definition) is 3. The van der Waals surface area contributed by atoms with Crippen LogP contribution in [0.5, 0.6) is 0 Å². The number of aromatic nitrogens is 1. The molecule has 2 rings (SSSR count). The van der Waals surface area contributed by atoms with E-state index in [0.717, 1.165) is 5.69 Å². The number of aryl methyl sites for hydroxylation is 1. The monoisotopic (exact) mass is 286 g/mol. The van der Waals surface area contributed by atoms with Gasteiger partial charge in [0.25, 0.3) is 5.91 Å². The highest BCUT2D eigenvalue weighted by atomic mass is 35.5. The molecule has 1 amide bonds. The van der Waals surface area contributed by atoms with Gasteiger partial charge in [0.2, 0.25) is 0 Å². The van der Waals surface area contributed by atoms with Crippen LogP contribution in [0.2, 0.25) is 10.0 Å². The fourth-order valence-electron chi connectivity index (χ4n) is 1.22. The van der Waals surface area contributed by atoms with Crippen LogP contribution in [-0.2, 0) is 0 Å². The third-order valence-electron chi connectivity index (χ3n) is 1.99. The molecule has 0 saturated heterocycles. The lowest BCUT2D eigenvalue weighted by atomic mass is 10.3. The van der Waals surface area contributed by atoms with Crippen LogP contribution in [0.25, 0.3) is 0 Å². The molecule has 1 aromatic carbocycles. The molecule has 0 atom stereocenters. The summed E-state index contributed by atoms with van der Waals surface area (Å²) < 4.78 is 0. The Bertz CT molecular complexity index is 568. The summed E-state index contributed by atoms with van der Waals surface area (Å²) in [6.45, 7) is 1.84. The minimum Gasteiger partial charge on any atom is -0.320 e. The molecule has 17 heavy (non-hydrogen) atoms. The van der Waals surface area contributed by atoms with Crippen LogP contribution in [0.3, 0.4) is 0 Å². The molecule has 0 aliphatic carbocycles. The molecule has 88 valence electrons. The number of nitrogens with one attached hydrogen (secondary N) is 1. The molecular weight excluding hydrogens is 279 g/mol. The van der Waals surface area contributed by atoms with E-state index < -0.39 is 0 Å². The zero-order valence-electron chi connectivity index (χ0n) is 8.83. The summed E-state index contributed by atoms with van der Waals surface area (Å²) in [5.74, 6) is -0.249. The molecule has 0 radical (unpaired) electrons. The van der Waals surface area contributed by atoms with E-state index in [-0.39, 0.29) is 5.91 Å². The summed E-state index contributed by atoms with van der Waals surface area (Å²) in [6.07, 6.45) is 0. The summed E-state index contributed by atoms with van der Waals surface area (Å²) in [4.78, 5) is 15.9. The Labute approximate surface area is 112 Å². The number of rotatable bonds is 2. The van der Waals surface area contributed by atoms with Crippen molar-refractivity contribution in [1.82, 2.24) is 4.98 Å². The van der Waals surface area contributed by atoms with Crippen molar-refractivity contribution in [3.05, 3.63) is 44.3 Å². The Morgan fingerprint density at radius 2 is 2.12 bits per heavy atom. The van der Waals surface area contributed by atoms with Gasteiger partial charge in [0.15, 0.2) is 5.01 Å². The Morgan fingerprint density at radius 3 is 2.71 bits per heavy atom. The van der Waals surface area contributed by atoms with Gasteiger partial charge in [-0.25, -0.2) is 4.98 Å². The van der Waals surface area contributed by atoms with Crippen LogP contribution >= 0.6 is 34.5 Å². The van der Waals surface area contributed by atoms with Crippen molar-refractivity contribution in [3.63, 3.8) is 0 Å². The maximum atomic E-state index is 11.8. The first kappa shape index (κ1) is 12.4. The smallest absolute Gasteiger partial charge is 0.284 e. The van der Waals surface area contributed by atoms with Crippen molar-refractivity contribution in [2.45, 2.75) is 6.92 Å². The van der Waals surface area contributed by atoms with E-state index in [1.165, 1.54) is 11.3 Å². The molecule has 3 nitrogen and oxygen atoms in total. The van der Waals surface area contributed by atoms with Gasteiger partial charge >= 0.3 is 0 Å². The third-order valence-corrected chi connectivity index (χ3v) is 3.69. The van der Waals surface area contributed by atoms with Crippen LogP contribution in [-0.4, -0.2) is 10.9 Å². The average Bonchev–Trinajstić information content (AvgIpc) is 2.70. The number of benzene rings is 1. The number of carbonyl (C=O) groups is 1. The van der Waals surface area contributed by atoms with Crippen molar-refractivity contribution in [2.24, 2.45) is 0 Å². The van der Waals surface area contributed by atoms with Gasteiger partial charge in [-0.2, -0.15) is 0 Å². The van der Waals surface area contributed by atoms with Gasteiger partial charge in [-0.3, -0.25) is 4.79 Å². The van der Waals surface area contributed by atoms with E-state index in [9.17, 15) is 4.79 Å². The second-order valence-corrected chi connectivity index (χ2v) is 5.05. The van der Waals surface area contributed by atoms with E-state index >= 15 is 0 Å². The van der Waals surface area contributed by atoms with Crippen LogP contribution < -0.4 is 5.32 Å². The maximum Gasteiger partial charge on any atom is 0.284 e. The number of nitrogens with zero attached hydrogens (tertiary/aromatic N) is 1. The fourth-order valence-corrected chi connectivity index (χ4v) is 2.20. The lowest BCUT2D eigenvalue weighted by Gasteiger charge is -2.04. The van der Waals surface area contributed by atoms with Crippen molar-refractivity contribution in [1.29, 1.82) is 0 Å². The SMILES string of the molecule is Cc1csc(C(=O)Nc2ccc(Cl)c(Cl)c2)n1. The lowest BCUT2D eigenvalue weighted by molar-refractivity contribution is 0.102. The number of thiazole rings is 1. The predicted molar refractivity (Wildman–Crippen MR) is 71.3 cm³/mol. The Kier molecular flexibility index (Phi) is 3.66. The van der Waals surface area contributed by atoms with E-state index in [2.05, 4.69) is 10.3 Å². The van der Waals surface area contributed by atoms with Crippen LogP contribution in [0.15, 0.2) is 23.6 Å². The predicted octanol–water partition coefficient (Wildman–Crippen LogP) is 4.01. The quantitative estimate of drug-likeness (QED) is 0.906. The minimum atomic E-state index is -0.249. The Hall–Kier alpha value is -1.10. The van der Waals surface area contributed by atoms with E-state index in [1.54, 1.807) is 18.2 Å². The molecule has 0 aliphatic heterocycles. The molecule has 0 fully saturated rings. The number of hydrogen-bond donors (Lipinski definition) is 1. The van der Waals surface area contributed by atoms with Crippen molar-refractivity contribution in [3.8, 4) is 0 Å². The number of amides is 1. The molecule has 6 heteroatoms. The minimum absolute atomic E-state index is 0.249. The molecule has 1 aromatic heterocycles. The van der Waals surface area contributed by atoms with Crippen LogP contribution in [0, 0.1) is 6.92 Å². The van der Waals surface area contributed by atoms with Gasteiger partial charge in [0, 0.05) is 16.8 Å². The highest BCUT2D eigenvalue weighted by Crippen LogP contribution is 2.25. The maximum absolute atomic E-state index is 11.8. The first-order chi connectivity index (χ1) is 8.06. The third kappa shape index (κ3) is 2.97. The molecule has 0 saturated carbocycles. The topological polar surface area (TPSA) is 42.0 Å².